The summed E-state index contributed by atoms with van der Waals surface area (Å²) in [6, 6.07) is 2.03. The van der Waals surface area contributed by atoms with Crippen molar-refractivity contribution in [2.24, 2.45) is 0 Å². The Morgan fingerprint density at radius 3 is 2.84 bits per heavy atom. The number of thiazole rings is 1. The number of hydrogen-bond donors (Lipinski definition) is 2. The lowest BCUT2D eigenvalue weighted by atomic mass is 10.2. The monoisotopic (exact) mass is 296 g/mol. The molecule has 2 aromatic heterocycles. The topological polar surface area (TPSA) is 62.2 Å². The highest BCUT2D eigenvalue weighted by atomic mass is 32.1. The van der Waals surface area contributed by atoms with Crippen molar-refractivity contribution in [2.75, 3.05) is 0 Å². The number of carbonyl (C=O) groups is 1. The van der Waals surface area contributed by atoms with Crippen LogP contribution in [0.25, 0.3) is 0 Å². The minimum absolute atomic E-state index is 0.174. The first-order chi connectivity index (χ1) is 8.99. The molecular formula is C13H16N2O2S2. The molecule has 0 fully saturated rings. The molecule has 0 spiro atoms. The molecule has 0 saturated carbocycles. The third kappa shape index (κ3) is 3.20. The predicted molar refractivity (Wildman–Crippen MR) is 78.1 cm³/mol. The molecule has 19 heavy (non-hydrogen) atoms. The van der Waals surface area contributed by atoms with Crippen LogP contribution in [0.1, 0.15) is 43.8 Å². The number of aromatic nitrogens is 1. The molecule has 0 aliphatic carbocycles. The first kappa shape index (κ1) is 14.2. The molecule has 0 radical (unpaired) electrons. The summed E-state index contributed by atoms with van der Waals surface area (Å²) in [4.78, 5) is 17.1. The molecule has 0 amide bonds. The smallest absolute Gasteiger partial charge is 0.346 e. The number of aryl methyl sites for hydroxylation is 2. The molecule has 0 aromatic carbocycles. The second kappa shape index (κ2) is 5.81. The maximum Gasteiger partial charge on any atom is 0.346 e. The van der Waals surface area contributed by atoms with Gasteiger partial charge in [0.2, 0.25) is 0 Å². The van der Waals surface area contributed by atoms with Crippen LogP contribution in [-0.2, 0) is 6.54 Å². The molecular weight excluding hydrogens is 280 g/mol. The Bertz CT molecular complexity index is 589. The maximum absolute atomic E-state index is 11.0. The van der Waals surface area contributed by atoms with Crippen molar-refractivity contribution in [3.05, 3.63) is 37.5 Å². The fourth-order valence-corrected chi connectivity index (χ4v) is 3.68. The van der Waals surface area contributed by atoms with Gasteiger partial charge in [0.1, 0.15) is 4.88 Å². The summed E-state index contributed by atoms with van der Waals surface area (Å²) in [6.07, 6.45) is 0. The fourth-order valence-electron chi connectivity index (χ4n) is 1.97. The van der Waals surface area contributed by atoms with Crippen LogP contribution in [0, 0.1) is 13.8 Å². The van der Waals surface area contributed by atoms with E-state index in [0.29, 0.717) is 11.4 Å². The Labute approximate surface area is 120 Å². The first-order valence-corrected chi connectivity index (χ1v) is 7.65. The predicted octanol–water partition coefficient (Wildman–Crippen LogP) is 3.37. The molecule has 2 heterocycles. The van der Waals surface area contributed by atoms with Gasteiger partial charge >= 0.3 is 5.97 Å². The van der Waals surface area contributed by atoms with Crippen molar-refractivity contribution in [1.29, 1.82) is 0 Å². The van der Waals surface area contributed by atoms with Gasteiger partial charge in [0, 0.05) is 17.5 Å². The molecule has 2 N–H and O–H groups in total. The van der Waals surface area contributed by atoms with Gasteiger partial charge in [-0.1, -0.05) is 0 Å². The van der Waals surface area contributed by atoms with Crippen molar-refractivity contribution in [1.82, 2.24) is 10.3 Å². The number of aromatic carboxylic acids is 1. The Kier molecular flexibility index (Phi) is 4.34. The minimum atomic E-state index is -0.857. The highest BCUT2D eigenvalue weighted by Crippen LogP contribution is 2.25. The molecule has 0 aliphatic heterocycles. The summed E-state index contributed by atoms with van der Waals surface area (Å²) in [5.74, 6) is -0.857. The molecule has 0 bridgehead atoms. The van der Waals surface area contributed by atoms with Gasteiger partial charge in [0.15, 0.2) is 0 Å². The van der Waals surface area contributed by atoms with Crippen LogP contribution in [0.4, 0.5) is 0 Å². The summed E-state index contributed by atoms with van der Waals surface area (Å²) in [5.41, 5.74) is 1.88. The van der Waals surface area contributed by atoms with Crippen molar-refractivity contribution in [2.45, 2.75) is 33.4 Å². The van der Waals surface area contributed by atoms with E-state index < -0.39 is 5.97 Å². The zero-order chi connectivity index (χ0) is 14.0. The van der Waals surface area contributed by atoms with E-state index in [1.165, 1.54) is 16.2 Å². The summed E-state index contributed by atoms with van der Waals surface area (Å²) in [7, 11) is 0. The number of nitrogens with one attached hydrogen (secondary N) is 1. The largest absolute Gasteiger partial charge is 0.477 e. The van der Waals surface area contributed by atoms with Gasteiger partial charge < -0.3 is 10.4 Å². The number of carboxylic acids is 1. The Balaban J connectivity index is 2.04. The van der Waals surface area contributed by atoms with E-state index in [2.05, 4.69) is 17.2 Å². The van der Waals surface area contributed by atoms with E-state index in [4.69, 9.17) is 5.11 Å². The zero-order valence-corrected chi connectivity index (χ0v) is 12.7. The second-order valence-electron chi connectivity index (χ2n) is 4.37. The maximum atomic E-state index is 11.0. The molecule has 1 unspecified atom stereocenters. The first-order valence-electron chi connectivity index (χ1n) is 5.96. The Hall–Kier alpha value is -1.24. The lowest BCUT2D eigenvalue weighted by Crippen LogP contribution is -2.18. The number of hydrogen-bond acceptors (Lipinski definition) is 5. The van der Waals surface area contributed by atoms with Crippen LogP contribution in [0.15, 0.2) is 11.4 Å². The SMILES string of the molecule is Cc1nc(C)c(C(C)NCc2ccsc2C(=O)O)s1. The lowest BCUT2D eigenvalue weighted by molar-refractivity contribution is 0.0701. The zero-order valence-electron chi connectivity index (χ0n) is 11.1. The fraction of sp³-hybridized carbons (Fsp3) is 0.385. The standard InChI is InChI=1S/C13H16N2O2S2/c1-7(11-8(2)15-9(3)19-11)14-6-10-4-5-18-12(10)13(16)17/h4-5,7,14H,6H2,1-3H3,(H,16,17). The minimum Gasteiger partial charge on any atom is -0.477 e. The molecule has 2 rings (SSSR count). The number of nitrogens with zero attached hydrogens (tertiary/aromatic N) is 1. The van der Waals surface area contributed by atoms with Gasteiger partial charge in [0.05, 0.1) is 10.7 Å². The average molecular weight is 296 g/mol. The van der Waals surface area contributed by atoms with Crippen LogP contribution >= 0.6 is 22.7 Å². The molecule has 102 valence electrons. The lowest BCUT2D eigenvalue weighted by Gasteiger charge is -2.12. The molecule has 2 aromatic rings. The normalized spacial score (nSPS) is 12.6. The number of carboxylic acid groups (broad SMARTS) is 1. The van der Waals surface area contributed by atoms with Crippen LogP contribution in [-0.4, -0.2) is 16.1 Å². The number of rotatable bonds is 5. The van der Waals surface area contributed by atoms with E-state index in [1.807, 2.05) is 25.3 Å². The van der Waals surface area contributed by atoms with Crippen LogP contribution in [0.2, 0.25) is 0 Å². The van der Waals surface area contributed by atoms with Crippen LogP contribution < -0.4 is 5.32 Å². The third-order valence-electron chi connectivity index (χ3n) is 2.87. The summed E-state index contributed by atoms with van der Waals surface area (Å²) < 4.78 is 0. The van der Waals surface area contributed by atoms with Gasteiger partial charge in [-0.15, -0.1) is 22.7 Å². The molecule has 4 nitrogen and oxygen atoms in total. The summed E-state index contributed by atoms with van der Waals surface area (Å²) in [6.45, 7) is 6.63. The van der Waals surface area contributed by atoms with E-state index in [9.17, 15) is 4.79 Å². The van der Waals surface area contributed by atoms with Crippen molar-refractivity contribution in [3.63, 3.8) is 0 Å². The molecule has 0 saturated heterocycles. The van der Waals surface area contributed by atoms with Crippen molar-refractivity contribution >= 4 is 28.6 Å². The van der Waals surface area contributed by atoms with Gasteiger partial charge in [-0.2, -0.15) is 0 Å². The van der Waals surface area contributed by atoms with Crippen LogP contribution in [0.3, 0.4) is 0 Å². The Morgan fingerprint density at radius 2 is 2.26 bits per heavy atom. The number of thiophene rings is 1. The van der Waals surface area contributed by atoms with E-state index >= 15 is 0 Å². The van der Waals surface area contributed by atoms with E-state index in [0.717, 1.165) is 16.3 Å². The second-order valence-corrected chi connectivity index (χ2v) is 6.52. The van der Waals surface area contributed by atoms with Crippen molar-refractivity contribution < 1.29 is 9.90 Å². The molecule has 0 aliphatic rings. The highest BCUT2D eigenvalue weighted by Gasteiger charge is 2.15. The third-order valence-corrected chi connectivity index (χ3v) is 5.07. The summed E-state index contributed by atoms with van der Waals surface area (Å²) >= 11 is 2.95. The molecule has 1 atom stereocenters. The van der Waals surface area contributed by atoms with Gasteiger partial charge in [0.25, 0.3) is 0 Å². The van der Waals surface area contributed by atoms with Gasteiger partial charge in [-0.05, 0) is 37.8 Å². The highest BCUT2D eigenvalue weighted by molar-refractivity contribution is 7.12. The summed E-state index contributed by atoms with van der Waals surface area (Å²) in [5, 5.41) is 15.3. The Morgan fingerprint density at radius 1 is 1.53 bits per heavy atom. The average Bonchev–Trinajstić information content (AvgIpc) is 2.92. The van der Waals surface area contributed by atoms with Crippen molar-refractivity contribution in [3.8, 4) is 0 Å². The van der Waals surface area contributed by atoms with E-state index in [-0.39, 0.29) is 6.04 Å². The molecule has 6 heteroatoms. The van der Waals surface area contributed by atoms with Gasteiger partial charge in [-0.25, -0.2) is 9.78 Å². The quantitative estimate of drug-likeness (QED) is 0.888. The van der Waals surface area contributed by atoms with Gasteiger partial charge in [-0.3, -0.25) is 0 Å². The van der Waals surface area contributed by atoms with E-state index in [1.54, 1.807) is 11.3 Å². The van der Waals surface area contributed by atoms with Crippen LogP contribution in [0.5, 0.6) is 0 Å².